The minimum Gasteiger partial charge on any atom is -0.342 e. The fourth-order valence-electron chi connectivity index (χ4n) is 3.73. The van der Waals surface area contributed by atoms with Crippen LogP contribution in [0.1, 0.15) is 55.5 Å². The third-order valence-corrected chi connectivity index (χ3v) is 5.18. The maximum absolute atomic E-state index is 12.8. The zero-order valence-electron chi connectivity index (χ0n) is 15.6. The van der Waals surface area contributed by atoms with Crippen molar-refractivity contribution in [3.8, 4) is 0 Å². The van der Waals surface area contributed by atoms with Gasteiger partial charge >= 0.3 is 0 Å². The number of likely N-dealkylation sites (tertiary alicyclic amines) is 1. The Morgan fingerprint density at radius 3 is 2.68 bits per heavy atom. The van der Waals surface area contributed by atoms with E-state index >= 15 is 0 Å². The number of nitrogens with zero attached hydrogens (tertiary/aromatic N) is 5. The molecule has 1 aliphatic rings. The molecule has 1 atom stereocenters. The van der Waals surface area contributed by atoms with Crippen molar-refractivity contribution in [3.63, 3.8) is 0 Å². The molecular weight excluding hydrogens is 316 g/mol. The summed E-state index contributed by atoms with van der Waals surface area (Å²) >= 11 is 0. The molecule has 1 N–H and O–H groups in total. The summed E-state index contributed by atoms with van der Waals surface area (Å²) in [5.74, 6) is 2.23. The number of hydrogen-bond acceptors (Lipinski definition) is 4. The molecule has 0 spiro atoms. The van der Waals surface area contributed by atoms with Crippen LogP contribution < -0.4 is 0 Å². The Labute approximate surface area is 148 Å². The minimum absolute atomic E-state index is 0.0882. The van der Waals surface area contributed by atoms with Crippen LogP contribution in [-0.4, -0.2) is 48.9 Å². The number of amides is 1. The number of aromatic amines is 1. The molecule has 0 unspecified atom stereocenters. The van der Waals surface area contributed by atoms with Crippen LogP contribution in [0.2, 0.25) is 0 Å². The molecule has 0 aromatic carbocycles. The molecule has 7 heteroatoms. The lowest BCUT2D eigenvalue weighted by molar-refractivity contribution is -0.136. The summed E-state index contributed by atoms with van der Waals surface area (Å²) in [6.45, 7) is 10.2. The van der Waals surface area contributed by atoms with Gasteiger partial charge in [-0.15, -0.1) is 0 Å². The standard InChI is InChI=1S/C18H28N6O/c1-5-15-10-19-21-17(15)16-6-8-23(9-7-16)18(25)12(2)11-24-14(4)20-13(3)22-24/h10,12,16H,5-9,11H2,1-4H3,(H,19,21)/t12-/m0/s1. The molecule has 3 heterocycles. The Balaban J connectivity index is 1.57. The van der Waals surface area contributed by atoms with Crippen LogP contribution in [-0.2, 0) is 17.8 Å². The van der Waals surface area contributed by atoms with E-state index in [9.17, 15) is 4.79 Å². The van der Waals surface area contributed by atoms with E-state index in [0.29, 0.717) is 12.5 Å². The van der Waals surface area contributed by atoms with Gasteiger partial charge in [-0.05, 0) is 38.7 Å². The van der Waals surface area contributed by atoms with E-state index in [2.05, 4.69) is 27.2 Å². The van der Waals surface area contributed by atoms with Gasteiger partial charge in [0.05, 0.1) is 18.7 Å². The molecule has 0 bridgehead atoms. The first-order valence-electron chi connectivity index (χ1n) is 9.18. The summed E-state index contributed by atoms with van der Waals surface area (Å²) in [5, 5.41) is 11.7. The van der Waals surface area contributed by atoms with Gasteiger partial charge in [0.15, 0.2) is 0 Å². The van der Waals surface area contributed by atoms with Gasteiger partial charge in [-0.2, -0.15) is 10.2 Å². The molecule has 0 aliphatic carbocycles. The molecule has 2 aromatic heterocycles. The van der Waals surface area contributed by atoms with Crippen LogP contribution >= 0.6 is 0 Å². The predicted octanol–water partition coefficient (Wildman–Crippen LogP) is 2.22. The molecule has 25 heavy (non-hydrogen) atoms. The number of aryl methyl sites for hydroxylation is 3. The quantitative estimate of drug-likeness (QED) is 0.902. The lowest BCUT2D eigenvalue weighted by atomic mass is 9.90. The third-order valence-electron chi connectivity index (χ3n) is 5.18. The number of carbonyl (C=O) groups is 1. The first-order chi connectivity index (χ1) is 12.0. The second kappa shape index (κ2) is 7.37. The van der Waals surface area contributed by atoms with E-state index < -0.39 is 0 Å². The summed E-state index contributed by atoms with van der Waals surface area (Å²) in [7, 11) is 0. The molecule has 1 saturated heterocycles. The number of H-pyrrole nitrogens is 1. The average molecular weight is 344 g/mol. The van der Waals surface area contributed by atoms with Crippen molar-refractivity contribution in [2.24, 2.45) is 5.92 Å². The Kier molecular flexibility index (Phi) is 5.20. The number of aromatic nitrogens is 5. The summed E-state index contributed by atoms with van der Waals surface area (Å²) in [5.41, 5.74) is 2.56. The highest BCUT2D eigenvalue weighted by Gasteiger charge is 2.28. The number of nitrogens with one attached hydrogen (secondary N) is 1. The van der Waals surface area contributed by atoms with Crippen molar-refractivity contribution in [1.29, 1.82) is 0 Å². The van der Waals surface area contributed by atoms with E-state index in [1.54, 1.807) is 0 Å². The highest BCUT2D eigenvalue weighted by Crippen LogP contribution is 2.29. The maximum Gasteiger partial charge on any atom is 0.227 e. The number of hydrogen-bond donors (Lipinski definition) is 1. The predicted molar refractivity (Wildman–Crippen MR) is 95.2 cm³/mol. The Bertz CT molecular complexity index is 726. The molecule has 1 amide bonds. The second-order valence-electron chi connectivity index (χ2n) is 7.05. The van der Waals surface area contributed by atoms with Crippen LogP contribution in [0, 0.1) is 19.8 Å². The molecule has 1 aliphatic heterocycles. The molecule has 0 saturated carbocycles. The number of carbonyl (C=O) groups excluding carboxylic acids is 1. The molecular formula is C18H28N6O. The van der Waals surface area contributed by atoms with Gasteiger partial charge in [0, 0.05) is 24.7 Å². The van der Waals surface area contributed by atoms with Gasteiger partial charge in [0.1, 0.15) is 11.6 Å². The van der Waals surface area contributed by atoms with E-state index in [0.717, 1.165) is 44.0 Å². The zero-order valence-corrected chi connectivity index (χ0v) is 15.6. The van der Waals surface area contributed by atoms with Crippen molar-refractivity contribution in [2.75, 3.05) is 13.1 Å². The van der Waals surface area contributed by atoms with E-state index in [4.69, 9.17) is 0 Å². The maximum atomic E-state index is 12.8. The Morgan fingerprint density at radius 1 is 1.36 bits per heavy atom. The van der Waals surface area contributed by atoms with Gasteiger partial charge in [-0.3, -0.25) is 9.89 Å². The number of rotatable bonds is 5. The molecule has 136 valence electrons. The van der Waals surface area contributed by atoms with Crippen LogP contribution in [0.4, 0.5) is 0 Å². The SMILES string of the molecule is CCc1cn[nH]c1C1CCN(C(=O)[C@@H](C)Cn2nc(C)nc2C)CC1. The first-order valence-corrected chi connectivity index (χ1v) is 9.18. The van der Waals surface area contributed by atoms with Crippen LogP contribution in [0.25, 0.3) is 0 Å². The Hall–Kier alpha value is -2.18. The lowest BCUT2D eigenvalue weighted by Crippen LogP contribution is -2.42. The van der Waals surface area contributed by atoms with Gasteiger partial charge in [-0.25, -0.2) is 9.67 Å². The first kappa shape index (κ1) is 17.6. The highest BCUT2D eigenvalue weighted by atomic mass is 16.2. The van der Waals surface area contributed by atoms with E-state index in [1.165, 1.54) is 11.3 Å². The Morgan fingerprint density at radius 2 is 2.08 bits per heavy atom. The summed E-state index contributed by atoms with van der Waals surface area (Å²) in [6, 6.07) is 0. The topological polar surface area (TPSA) is 79.7 Å². The minimum atomic E-state index is -0.0882. The third kappa shape index (κ3) is 3.75. The van der Waals surface area contributed by atoms with E-state index in [1.807, 2.05) is 36.5 Å². The summed E-state index contributed by atoms with van der Waals surface area (Å²) in [6.07, 6.45) is 4.92. The van der Waals surface area contributed by atoms with Gasteiger partial charge in [0.2, 0.25) is 5.91 Å². The van der Waals surface area contributed by atoms with Crippen molar-refractivity contribution in [1.82, 2.24) is 29.9 Å². The van der Waals surface area contributed by atoms with Crippen molar-refractivity contribution in [3.05, 3.63) is 29.1 Å². The summed E-state index contributed by atoms with van der Waals surface area (Å²) in [4.78, 5) is 19.1. The van der Waals surface area contributed by atoms with Crippen molar-refractivity contribution in [2.45, 2.75) is 59.4 Å². The van der Waals surface area contributed by atoms with E-state index in [-0.39, 0.29) is 11.8 Å². The molecule has 1 fully saturated rings. The van der Waals surface area contributed by atoms with Gasteiger partial charge < -0.3 is 4.90 Å². The molecule has 7 nitrogen and oxygen atoms in total. The summed E-state index contributed by atoms with van der Waals surface area (Å²) < 4.78 is 1.84. The highest BCUT2D eigenvalue weighted by molar-refractivity contribution is 5.78. The second-order valence-corrected chi connectivity index (χ2v) is 7.05. The van der Waals surface area contributed by atoms with Gasteiger partial charge in [-0.1, -0.05) is 13.8 Å². The largest absolute Gasteiger partial charge is 0.342 e. The van der Waals surface area contributed by atoms with Crippen molar-refractivity contribution >= 4 is 5.91 Å². The van der Waals surface area contributed by atoms with Crippen molar-refractivity contribution < 1.29 is 4.79 Å². The smallest absolute Gasteiger partial charge is 0.227 e. The molecule has 0 radical (unpaired) electrons. The van der Waals surface area contributed by atoms with Crippen LogP contribution in [0.3, 0.4) is 0 Å². The molecule has 2 aromatic rings. The monoisotopic (exact) mass is 344 g/mol. The number of piperidine rings is 1. The van der Waals surface area contributed by atoms with Crippen LogP contribution in [0.15, 0.2) is 6.20 Å². The lowest BCUT2D eigenvalue weighted by Gasteiger charge is -2.33. The fourth-order valence-corrected chi connectivity index (χ4v) is 3.73. The molecule has 3 rings (SSSR count). The zero-order chi connectivity index (χ0) is 18.0. The normalized spacial score (nSPS) is 17.0. The van der Waals surface area contributed by atoms with Crippen LogP contribution in [0.5, 0.6) is 0 Å². The average Bonchev–Trinajstić information content (AvgIpc) is 3.20. The fraction of sp³-hybridized carbons (Fsp3) is 0.667. The van der Waals surface area contributed by atoms with Gasteiger partial charge in [0.25, 0.3) is 0 Å².